The van der Waals surface area contributed by atoms with Gasteiger partial charge in [-0.05, 0) is 27.6 Å². The smallest absolute Gasteiger partial charge is 0.201 e. The summed E-state index contributed by atoms with van der Waals surface area (Å²) in [5.41, 5.74) is 8.41. The van der Waals surface area contributed by atoms with E-state index in [9.17, 15) is 4.39 Å². The highest BCUT2D eigenvalue weighted by Crippen LogP contribution is 2.25. The Hall–Kier alpha value is -1.88. The predicted molar refractivity (Wildman–Crippen MR) is 77.3 cm³/mol. The summed E-state index contributed by atoms with van der Waals surface area (Å²) < 4.78 is 15.8. The molecule has 0 amide bonds. The number of fused-ring (bicyclic) bond motifs is 1. The number of rotatable bonds is 2. The number of benzene rings is 2. The van der Waals surface area contributed by atoms with Crippen molar-refractivity contribution < 1.29 is 4.39 Å². The summed E-state index contributed by atoms with van der Waals surface area (Å²) in [5.74, 6) is 0.0493. The van der Waals surface area contributed by atoms with E-state index in [0.29, 0.717) is 22.5 Å². The Morgan fingerprint density at radius 3 is 2.68 bits per heavy atom. The molecule has 2 N–H and O–H groups in total. The van der Waals surface area contributed by atoms with Crippen molar-refractivity contribution in [3.05, 3.63) is 58.3 Å². The van der Waals surface area contributed by atoms with Gasteiger partial charge in [0.1, 0.15) is 5.82 Å². The molecule has 19 heavy (non-hydrogen) atoms. The van der Waals surface area contributed by atoms with Crippen LogP contribution in [0.4, 0.5) is 10.3 Å². The molecule has 3 aromatic rings. The van der Waals surface area contributed by atoms with Crippen molar-refractivity contribution in [2.24, 2.45) is 0 Å². The third kappa shape index (κ3) is 2.21. The molecular formula is C14H11BrFN3. The summed E-state index contributed by atoms with van der Waals surface area (Å²) in [4.78, 5) is 4.19. The monoisotopic (exact) mass is 319 g/mol. The quantitative estimate of drug-likeness (QED) is 0.784. The maximum atomic E-state index is 13.5. The highest BCUT2D eigenvalue weighted by atomic mass is 79.9. The number of halogens is 2. The molecule has 0 aliphatic rings. The molecule has 0 saturated heterocycles. The Kier molecular flexibility index (Phi) is 2.98. The van der Waals surface area contributed by atoms with Gasteiger partial charge in [-0.1, -0.05) is 30.3 Å². The minimum absolute atomic E-state index is 0.336. The lowest BCUT2D eigenvalue weighted by Gasteiger charge is -2.06. The van der Waals surface area contributed by atoms with Crippen LogP contribution in [-0.2, 0) is 6.54 Å². The molecule has 5 heteroatoms. The van der Waals surface area contributed by atoms with Crippen LogP contribution in [0.2, 0.25) is 0 Å². The van der Waals surface area contributed by atoms with Crippen LogP contribution >= 0.6 is 15.9 Å². The lowest BCUT2D eigenvalue weighted by molar-refractivity contribution is 0.622. The number of hydrogen-bond donors (Lipinski definition) is 1. The molecule has 0 fully saturated rings. The zero-order valence-electron chi connectivity index (χ0n) is 9.98. The normalized spacial score (nSPS) is 11.1. The van der Waals surface area contributed by atoms with E-state index in [2.05, 4.69) is 20.9 Å². The fraction of sp³-hybridized carbons (Fsp3) is 0.0714. The highest BCUT2D eigenvalue weighted by Gasteiger charge is 2.11. The zero-order chi connectivity index (χ0) is 13.4. The van der Waals surface area contributed by atoms with Crippen molar-refractivity contribution in [1.82, 2.24) is 9.55 Å². The van der Waals surface area contributed by atoms with Crippen LogP contribution in [0.3, 0.4) is 0 Å². The highest BCUT2D eigenvalue weighted by molar-refractivity contribution is 9.10. The van der Waals surface area contributed by atoms with E-state index in [1.165, 1.54) is 6.07 Å². The zero-order valence-corrected chi connectivity index (χ0v) is 11.6. The standard InChI is InChI=1S/C14H11BrFN3/c15-10-6-13-12(7-11(10)16)18-14(17)19(13)8-9-4-2-1-3-5-9/h1-7H,8H2,(H2,17,18). The van der Waals surface area contributed by atoms with Crippen LogP contribution in [0.1, 0.15) is 5.56 Å². The molecule has 0 atom stereocenters. The topological polar surface area (TPSA) is 43.8 Å². The first-order chi connectivity index (χ1) is 9.15. The molecule has 0 aliphatic heterocycles. The van der Waals surface area contributed by atoms with Gasteiger partial charge >= 0.3 is 0 Å². The average Bonchev–Trinajstić information content (AvgIpc) is 2.68. The van der Waals surface area contributed by atoms with Gasteiger partial charge in [0.05, 0.1) is 22.1 Å². The molecular weight excluding hydrogens is 309 g/mol. The first-order valence-corrected chi connectivity index (χ1v) is 6.59. The molecule has 0 spiro atoms. The number of aromatic nitrogens is 2. The molecule has 0 saturated carbocycles. The largest absolute Gasteiger partial charge is 0.369 e. The molecule has 3 nitrogen and oxygen atoms in total. The van der Waals surface area contributed by atoms with Gasteiger partial charge in [-0.15, -0.1) is 0 Å². The van der Waals surface area contributed by atoms with Crippen LogP contribution in [0.5, 0.6) is 0 Å². The van der Waals surface area contributed by atoms with Gasteiger partial charge in [0.2, 0.25) is 5.95 Å². The van der Waals surface area contributed by atoms with E-state index in [0.717, 1.165) is 11.1 Å². The first kappa shape index (κ1) is 12.2. The second-order valence-corrected chi connectivity index (χ2v) is 5.15. The summed E-state index contributed by atoms with van der Waals surface area (Å²) in [6, 6.07) is 13.0. The predicted octanol–water partition coefficient (Wildman–Crippen LogP) is 3.57. The SMILES string of the molecule is Nc1nc2cc(F)c(Br)cc2n1Cc1ccccc1. The van der Waals surface area contributed by atoms with Crippen molar-refractivity contribution in [1.29, 1.82) is 0 Å². The minimum Gasteiger partial charge on any atom is -0.369 e. The van der Waals surface area contributed by atoms with Gasteiger partial charge < -0.3 is 10.3 Å². The molecule has 96 valence electrons. The summed E-state index contributed by atoms with van der Waals surface area (Å²) >= 11 is 3.19. The summed E-state index contributed by atoms with van der Waals surface area (Å²) in [7, 11) is 0. The van der Waals surface area contributed by atoms with Crippen LogP contribution in [0, 0.1) is 5.82 Å². The van der Waals surface area contributed by atoms with E-state index in [4.69, 9.17) is 5.73 Å². The van der Waals surface area contributed by atoms with Crippen molar-refractivity contribution in [2.45, 2.75) is 6.54 Å². The number of imidazole rings is 1. The molecule has 0 aliphatic carbocycles. The Labute approximate surface area is 118 Å². The van der Waals surface area contributed by atoms with Crippen LogP contribution in [-0.4, -0.2) is 9.55 Å². The van der Waals surface area contributed by atoms with Crippen molar-refractivity contribution in [2.75, 3.05) is 5.73 Å². The van der Waals surface area contributed by atoms with Crippen LogP contribution < -0.4 is 5.73 Å². The van der Waals surface area contributed by atoms with E-state index >= 15 is 0 Å². The molecule has 1 heterocycles. The van der Waals surface area contributed by atoms with E-state index in [1.807, 2.05) is 34.9 Å². The van der Waals surface area contributed by atoms with Crippen LogP contribution in [0.25, 0.3) is 11.0 Å². The van der Waals surface area contributed by atoms with Gasteiger partial charge in [0, 0.05) is 6.07 Å². The third-order valence-corrected chi connectivity index (χ3v) is 3.61. The Bertz CT molecular complexity index is 737. The molecule has 0 radical (unpaired) electrons. The Balaban J connectivity index is 2.13. The van der Waals surface area contributed by atoms with Crippen LogP contribution in [0.15, 0.2) is 46.9 Å². The summed E-state index contributed by atoms with van der Waals surface area (Å²) in [6.45, 7) is 0.612. The lowest BCUT2D eigenvalue weighted by Crippen LogP contribution is -2.04. The second kappa shape index (κ2) is 4.66. The van der Waals surface area contributed by atoms with Crippen molar-refractivity contribution in [3.63, 3.8) is 0 Å². The van der Waals surface area contributed by atoms with Crippen molar-refractivity contribution in [3.8, 4) is 0 Å². The number of nitrogen functional groups attached to an aromatic ring is 1. The van der Waals surface area contributed by atoms with Gasteiger partial charge in [-0.3, -0.25) is 0 Å². The fourth-order valence-electron chi connectivity index (χ4n) is 2.07. The van der Waals surface area contributed by atoms with Gasteiger partial charge in [0.25, 0.3) is 0 Å². The van der Waals surface area contributed by atoms with Gasteiger partial charge in [-0.25, -0.2) is 9.37 Å². The summed E-state index contributed by atoms with van der Waals surface area (Å²) in [6.07, 6.45) is 0. The van der Waals surface area contributed by atoms with E-state index in [-0.39, 0.29) is 5.82 Å². The van der Waals surface area contributed by atoms with Gasteiger partial charge in [0.15, 0.2) is 0 Å². The second-order valence-electron chi connectivity index (χ2n) is 4.30. The maximum Gasteiger partial charge on any atom is 0.201 e. The number of nitrogens with zero attached hydrogens (tertiary/aromatic N) is 2. The molecule has 0 unspecified atom stereocenters. The first-order valence-electron chi connectivity index (χ1n) is 5.80. The van der Waals surface area contributed by atoms with Crippen molar-refractivity contribution >= 4 is 32.9 Å². The lowest BCUT2D eigenvalue weighted by atomic mass is 10.2. The third-order valence-electron chi connectivity index (χ3n) is 3.00. The van der Waals surface area contributed by atoms with E-state index < -0.39 is 0 Å². The average molecular weight is 320 g/mol. The number of nitrogens with two attached hydrogens (primary N) is 1. The summed E-state index contributed by atoms with van der Waals surface area (Å²) in [5, 5.41) is 0. The Morgan fingerprint density at radius 2 is 1.95 bits per heavy atom. The molecule has 3 rings (SSSR count). The molecule has 2 aromatic carbocycles. The molecule has 1 aromatic heterocycles. The van der Waals surface area contributed by atoms with Gasteiger partial charge in [-0.2, -0.15) is 0 Å². The number of anilines is 1. The minimum atomic E-state index is -0.336. The maximum absolute atomic E-state index is 13.5. The van der Waals surface area contributed by atoms with E-state index in [1.54, 1.807) is 6.07 Å². The number of hydrogen-bond acceptors (Lipinski definition) is 2. The fourth-order valence-corrected chi connectivity index (χ4v) is 2.40. The molecule has 0 bridgehead atoms. The Morgan fingerprint density at radius 1 is 1.21 bits per heavy atom.